The van der Waals surface area contributed by atoms with E-state index in [9.17, 15) is 0 Å². The van der Waals surface area contributed by atoms with E-state index in [4.69, 9.17) is 0 Å². The van der Waals surface area contributed by atoms with E-state index in [-0.39, 0.29) is 0 Å². The van der Waals surface area contributed by atoms with Gasteiger partial charge in [-0.2, -0.15) is 0 Å². The lowest BCUT2D eigenvalue weighted by Gasteiger charge is -2.27. The number of anilines is 3. The molecule has 0 amide bonds. The van der Waals surface area contributed by atoms with E-state index in [2.05, 4.69) is 207 Å². The molecule has 0 bridgehead atoms. The minimum absolute atomic E-state index is 1.13. The number of fused-ring (bicyclic) bond motifs is 6. The van der Waals surface area contributed by atoms with E-state index in [1.807, 2.05) is 0 Å². The third-order valence-corrected chi connectivity index (χ3v) is 10.1. The molecule has 51 heavy (non-hydrogen) atoms. The van der Waals surface area contributed by atoms with E-state index in [1.165, 1.54) is 76.8 Å². The molecule has 0 unspecified atom stereocenters. The van der Waals surface area contributed by atoms with Gasteiger partial charge in [-0.1, -0.05) is 146 Å². The molecule has 1 heteroatoms. The van der Waals surface area contributed by atoms with Gasteiger partial charge in [0.25, 0.3) is 0 Å². The van der Waals surface area contributed by atoms with Crippen LogP contribution in [0, 0.1) is 13.8 Å². The molecule has 9 rings (SSSR count). The zero-order valence-electron chi connectivity index (χ0n) is 28.8. The zero-order valence-corrected chi connectivity index (χ0v) is 28.8. The van der Waals surface area contributed by atoms with Gasteiger partial charge in [0.15, 0.2) is 0 Å². The van der Waals surface area contributed by atoms with Crippen molar-refractivity contribution in [2.24, 2.45) is 0 Å². The maximum Gasteiger partial charge on any atom is 0.0468 e. The van der Waals surface area contributed by atoms with Crippen LogP contribution in [-0.4, -0.2) is 0 Å². The molecule has 1 nitrogen and oxygen atoms in total. The van der Waals surface area contributed by atoms with Gasteiger partial charge in [-0.25, -0.2) is 0 Å². The molecule has 0 spiro atoms. The number of hydrogen-bond donors (Lipinski definition) is 0. The van der Waals surface area contributed by atoms with E-state index >= 15 is 0 Å². The average molecular weight is 652 g/mol. The van der Waals surface area contributed by atoms with Crippen LogP contribution < -0.4 is 4.90 Å². The van der Waals surface area contributed by atoms with Gasteiger partial charge in [0, 0.05) is 17.1 Å². The molecular formula is C50H37N. The summed E-state index contributed by atoms with van der Waals surface area (Å²) in [7, 11) is 0. The van der Waals surface area contributed by atoms with Crippen LogP contribution in [-0.2, 0) is 0 Å². The Labute approximate surface area is 299 Å². The van der Waals surface area contributed by atoms with Crippen LogP contribution in [0.4, 0.5) is 17.1 Å². The highest BCUT2D eigenvalue weighted by Gasteiger charge is 2.22. The molecule has 9 aromatic carbocycles. The van der Waals surface area contributed by atoms with Crippen molar-refractivity contribution >= 4 is 49.4 Å². The number of para-hydroxylation sites is 1. The number of nitrogens with zero attached hydrogens (tertiary/aromatic N) is 1. The fourth-order valence-electron chi connectivity index (χ4n) is 7.98. The fourth-order valence-corrected chi connectivity index (χ4v) is 7.98. The van der Waals surface area contributed by atoms with Crippen LogP contribution >= 0.6 is 0 Å². The van der Waals surface area contributed by atoms with Crippen molar-refractivity contribution in [1.29, 1.82) is 0 Å². The van der Waals surface area contributed by atoms with Crippen molar-refractivity contribution in [2.75, 3.05) is 4.90 Å². The second-order valence-electron chi connectivity index (χ2n) is 13.5. The third-order valence-electron chi connectivity index (χ3n) is 10.1. The maximum atomic E-state index is 2.43. The van der Waals surface area contributed by atoms with Gasteiger partial charge in [-0.15, -0.1) is 0 Å². The minimum Gasteiger partial charge on any atom is -0.310 e. The minimum atomic E-state index is 1.13. The molecule has 0 aliphatic carbocycles. The summed E-state index contributed by atoms with van der Waals surface area (Å²) in [5.74, 6) is 0. The Morgan fingerprint density at radius 1 is 0.314 bits per heavy atom. The third kappa shape index (κ3) is 5.44. The van der Waals surface area contributed by atoms with Crippen molar-refractivity contribution in [3.63, 3.8) is 0 Å². The molecule has 0 saturated carbocycles. The Bertz CT molecular complexity index is 2660. The first-order valence-corrected chi connectivity index (χ1v) is 17.7. The Kier molecular flexibility index (Phi) is 7.67. The predicted octanol–water partition coefficient (Wildman–Crippen LogP) is 14.2. The van der Waals surface area contributed by atoms with Gasteiger partial charge >= 0.3 is 0 Å². The molecule has 0 radical (unpaired) electrons. The van der Waals surface area contributed by atoms with Crippen molar-refractivity contribution in [1.82, 2.24) is 0 Å². The van der Waals surface area contributed by atoms with Gasteiger partial charge in [-0.05, 0) is 133 Å². The summed E-state index contributed by atoms with van der Waals surface area (Å²) < 4.78 is 0. The van der Waals surface area contributed by atoms with Gasteiger partial charge in [0.2, 0.25) is 0 Å². The molecule has 0 fully saturated rings. The van der Waals surface area contributed by atoms with Crippen LogP contribution in [0.5, 0.6) is 0 Å². The molecule has 0 aliphatic rings. The van der Waals surface area contributed by atoms with Gasteiger partial charge in [-0.3, -0.25) is 0 Å². The summed E-state index contributed by atoms with van der Waals surface area (Å²) in [5, 5.41) is 7.55. The monoisotopic (exact) mass is 651 g/mol. The molecule has 242 valence electrons. The summed E-state index contributed by atoms with van der Waals surface area (Å²) in [4.78, 5) is 2.40. The molecule has 9 aromatic rings. The Balaban J connectivity index is 1.46. The molecule has 0 atom stereocenters. The normalized spacial score (nSPS) is 11.3. The largest absolute Gasteiger partial charge is 0.310 e. The van der Waals surface area contributed by atoms with Crippen molar-refractivity contribution in [2.45, 2.75) is 13.8 Å². The lowest BCUT2D eigenvalue weighted by atomic mass is 9.81. The van der Waals surface area contributed by atoms with E-state index < -0.39 is 0 Å². The molecule has 0 saturated heterocycles. The summed E-state index contributed by atoms with van der Waals surface area (Å²) >= 11 is 0. The SMILES string of the molecule is Cc1cc(C)cc(N(c2ccccc2)c2ccc3c(c2)c2ccccc2c2c(-c4ccccc4)cc(-c4ccccc4)c(-c4ccccc4)c32)c1. The fraction of sp³-hybridized carbons (Fsp3) is 0.0400. The van der Waals surface area contributed by atoms with Gasteiger partial charge in [0.05, 0.1) is 0 Å². The van der Waals surface area contributed by atoms with Crippen LogP contribution in [0.2, 0.25) is 0 Å². The lowest BCUT2D eigenvalue weighted by Crippen LogP contribution is -2.10. The summed E-state index contributed by atoms with van der Waals surface area (Å²) in [6, 6.07) is 68.7. The van der Waals surface area contributed by atoms with Crippen LogP contribution in [0.3, 0.4) is 0 Å². The molecular weight excluding hydrogens is 615 g/mol. The van der Waals surface area contributed by atoms with Crippen LogP contribution in [0.15, 0.2) is 188 Å². The standard InChI is InChI=1S/C50H37N/c1-34-29-35(2)31-41(30-34)51(39-23-13-6-14-24-39)40-27-28-44-47(32-40)42-25-15-16-26-43(42)49-46(37-19-9-4-10-20-37)33-45(36-17-7-3-8-18-36)48(50(44)49)38-21-11-5-12-22-38/h3-33H,1-2H3. The lowest BCUT2D eigenvalue weighted by molar-refractivity contribution is 1.26. The van der Waals surface area contributed by atoms with Crippen molar-refractivity contribution < 1.29 is 0 Å². The topological polar surface area (TPSA) is 3.24 Å². The smallest absolute Gasteiger partial charge is 0.0468 e. The second-order valence-corrected chi connectivity index (χ2v) is 13.5. The van der Waals surface area contributed by atoms with E-state index in [1.54, 1.807) is 0 Å². The number of benzene rings is 9. The maximum absolute atomic E-state index is 2.43. The Morgan fingerprint density at radius 3 is 1.45 bits per heavy atom. The molecule has 0 aromatic heterocycles. The summed E-state index contributed by atoms with van der Waals surface area (Å²) in [5.41, 5.74) is 13.3. The van der Waals surface area contributed by atoms with E-state index in [0.29, 0.717) is 0 Å². The van der Waals surface area contributed by atoms with Gasteiger partial charge in [0.1, 0.15) is 0 Å². The number of hydrogen-bond acceptors (Lipinski definition) is 1. The van der Waals surface area contributed by atoms with Crippen molar-refractivity contribution in [3.05, 3.63) is 199 Å². The molecule has 0 N–H and O–H groups in total. The molecule has 0 aliphatic heterocycles. The highest BCUT2D eigenvalue weighted by molar-refractivity contribution is 6.33. The predicted molar refractivity (Wildman–Crippen MR) is 219 cm³/mol. The Hall–Kier alpha value is -6.44. The zero-order chi connectivity index (χ0) is 34.3. The number of rotatable bonds is 6. The second kappa shape index (κ2) is 12.8. The molecule has 0 heterocycles. The quantitative estimate of drug-likeness (QED) is 0.162. The average Bonchev–Trinajstić information content (AvgIpc) is 3.18. The highest BCUT2D eigenvalue weighted by atomic mass is 15.1. The van der Waals surface area contributed by atoms with Crippen LogP contribution in [0.25, 0.3) is 65.7 Å². The first-order valence-electron chi connectivity index (χ1n) is 17.7. The van der Waals surface area contributed by atoms with Crippen molar-refractivity contribution in [3.8, 4) is 33.4 Å². The summed E-state index contributed by atoms with van der Waals surface area (Å²) in [6.45, 7) is 4.36. The summed E-state index contributed by atoms with van der Waals surface area (Å²) in [6.07, 6.45) is 0. The van der Waals surface area contributed by atoms with E-state index in [0.717, 1.165) is 17.1 Å². The first-order chi connectivity index (χ1) is 25.1. The Morgan fingerprint density at radius 2 is 0.824 bits per heavy atom. The first kappa shape index (κ1) is 30.6. The van der Waals surface area contributed by atoms with Crippen LogP contribution in [0.1, 0.15) is 11.1 Å². The number of aryl methyl sites for hydroxylation is 2. The highest BCUT2D eigenvalue weighted by Crippen LogP contribution is 2.50. The van der Waals surface area contributed by atoms with Gasteiger partial charge < -0.3 is 4.90 Å².